The number of hydrogen-bond donors (Lipinski definition) is 1. The Morgan fingerprint density at radius 3 is 2.46 bits per heavy atom. The van der Waals surface area contributed by atoms with Gasteiger partial charge in [0.1, 0.15) is 10.7 Å². The minimum absolute atomic E-state index is 0.0103. The number of nitrogens with one attached hydrogen (secondary N) is 1. The molecule has 0 fully saturated rings. The molecule has 3 rings (SSSR count). The van der Waals surface area contributed by atoms with Crippen LogP contribution in [0.15, 0.2) is 52.4 Å². The van der Waals surface area contributed by atoms with E-state index >= 15 is 0 Å². The summed E-state index contributed by atoms with van der Waals surface area (Å²) in [5.41, 5.74) is 2.21. The Morgan fingerprint density at radius 2 is 1.83 bits per heavy atom. The minimum atomic E-state index is -3.85. The average molecular weight is 540 g/mol. The van der Waals surface area contributed by atoms with Gasteiger partial charge in [0, 0.05) is 44.7 Å². The fourth-order valence-electron chi connectivity index (χ4n) is 3.88. The molecule has 0 saturated heterocycles. The molecule has 0 saturated carbocycles. The van der Waals surface area contributed by atoms with E-state index in [1.54, 1.807) is 37.9 Å². The maximum atomic E-state index is 13.2. The summed E-state index contributed by atoms with van der Waals surface area (Å²) in [5.74, 6) is 0.909. The summed E-state index contributed by atoms with van der Waals surface area (Å²) in [6.45, 7) is 6.07. The number of amidine groups is 1. The van der Waals surface area contributed by atoms with Crippen LogP contribution in [0.2, 0.25) is 10.0 Å². The third kappa shape index (κ3) is 6.97. The highest BCUT2D eigenvalue weighted by Crippen LogP contribution is 2.31. The summed E-state index contributed by atoms with van der Waals surface area (Å²) in [5, 5.41) is 3.46. The van der Waals surface area contributed by atoms with Gasteiger partial charge in [-0.15, -0.1) is 0 Å². The van der Waals surface area contributed by atoms with Crippen LogP contribution in [0, 0.1) is 0 Å². The third-order valence-corrected chi connectivity index (χ3v) is 8.96. The number of carbonyl (C=O) groups excluding carboxylic acids is 1. The maximum Gasteiger partial charge on any atom is 0.244 e. The zero-order valence-electron chi connectivity index (χ0n) is 20.3. The van der Waals surface area contributed by atoms with Gasteiger partial charge in [-0.25, -0.2) is 8.42 Å². The number of hydrogen-bond acceptors (Lipinski definition) is 5. The SMILES string of the molecule is CC(C)N(CCCC(=O)N(C)CCc1ccc(C2=NCCN2)cc1)S(=O)(=O)c1cccc(Cl)c1Cl. The second-order valence-electron chi connectivity index (χ2n) is 8.78. The molecule has 190 valence electrons. The van der Waals surface area contributed by atoms with Crippen LogP contribution in [0.4, 0.5) is 0 Å². The minimum Gasteiger partial charge on any atom is -0.368 e. The average Bonchev–Trinajstić information content (AvgIpc) is 3.36. The number of likely N-dealkylation sites (N-methyl/N-ethyl adjacent to an activating group) is 1. The van der Waals surface area contributed by atoms with Gasteiger partial charge in [-0.1, -0.05) is 53.5 Å². The molecule has 0 atom stereocenters. The van der Waals surface area contributed by atoms with E-state index < -0.39 is 10.0 Å². The molecule has 0 radical (unpaired) electrons. The first-order valence-electron chi connectivity index (χ1n) is 11.7. The lowest BCUT2D eigenvalue weighted by Crippen LogP contribution is -2.38. The highest BCUT2D eigenvalue weighted by atomic mass is 35.5. The molecule has 0 aliphatic carbocycles. The van der Waals surface area contributed by atoms with Crippen molar-refractivity contribution in [2.24, 2.45) is 4.99 Å². The fraction of sp³-hybridized carbons (Fsp3) is 0.440. The summed E-state index contributed by atoms with van der Waals surface area (Å²) in [7, 11) is -2.07. The standard InChI is InChI=1S/C25H32Cl2N4O3S/c1-18(2)31(35(33,34)22-7-4-6-21(26)24(22)27)16-5-8-23(32)30(3)17-13-19-9-11-20(12-10-19)25-28-14-15-29-25/h4,6-7,9-12,18H,5,8,13-17H2,1-3H3,(H,28,29). The topological polar surface area (TPSA) is 82.1 Å². The molecular weight excluding hydrogens is 507 g/mol. The molecule has 1 amide bonds. The molecule has 1 aliphatic rings. The smallest absolute Gasteiger partial charge is 0.244 e. The van der Waals surface area contributed by atoms with Crippen LogP contribution in [0.3, 0.4) is 0 Å². The molecule has 1 N–H and O–H groups in total. The highest BCUT2D eigenvalue weighted by molar-refractivity contribution is 7.89. The summed E-state index contributed by atoms with van der Waals surface area (Å²) in [4.78, 5) is 18.8. The summed E-state index contributed by atoms with van der Waals surface area (Å²) >= 11 is 12.2. The molecule has 0 aromatic heterocycles. The van der Waals surface area contributed by atoms with Crippen molar-refractivity contribution in [3.05, 3.63) is 63.6 Å². The van der Waals surface area contributed by atoms with Crippen molar-refractivity contribution in [1.82, 2.24) is 14.5 Å². The quantitative estimate of drug-likeness (QED) is 0.464. The van der Waals surface area contributed by atoms with E-state index in [1.165, 1.54) is 10.4 Å². The Morgan fingerprint density at radius 1 is 1.11 bits per heavy atom. The van der Waals surface area contributed by atoms with Gasteiger partial charge in [0.15, 0.2) is 0 Å². The van der Waals surface area contributed by atoms with Gasteiger partial charge in [-0.05, 0) is 44.4 Å². The van der Waals surface area contributed by atoms with Gasteiger partial charge in [0.2, 0.25) is 15.9 Å². The Hall–Kier alpha value is -2.13. The zero-order valence-corrected chi connectivity index (χ0v) is 22.6. The summed E-state index contributed by atoms with van der Waals surface area (Å²) < 4.78 is 27.8. The Balaban J connectivity index is 1.51. The number of nitrogens with zero attached hydrogens (tertiary/aromatic N) is 3. The van der Waals surface area contributed by atoms with E-state index in [4.69, 9.17) is 23.2 Å². The number of aliphatic imine (C=N–C) groups is 1. The number of benzene rings is 2. The fourth-order valence-corrected chi connectivity index (χ4v) is 6.30. The summed E-state index contributed by atoms with van der Waals surface area (Å²) in [6, 6.07) is 12.5. The number of carbonyl (C=O) groups is 1. The molecule has 35 heavy (non-hydrogen) atoms. The van der Waals surface area contributed by atoms with Crippen molar-refractivity contribution in [1.29, 1.82) is 0 Å². The van der Waals surface area contributed by atoms with E-state index in [0.717, 1.165) is 36.5 Å². The highest BCUT2D eigenvalue weighted by Gasteiger charge is 2.29. The van der Waals surface area contributed by atoms with Crippen molar-refractivity contribution in [3.63, 3.8) is 0 Å². The van der Waals surface area contributed by atoms with Gasteiger partial charge in [-0.3, -0.25) is 9.79 Å². The lowest BCUT2D eigenvalue weighted by atomic mass is 10.1. The van der Waals surface area contributed by atoms with Crippen LogP contribution in [0.1, 0.15) is 37.8 Å². The largest absolute Gasteiger partial charge is 0.368 e. The van der Waals surface area contributed by atoms with Gasteiger partial charge in [0.25, 0.3) is 0 Å². The van der Waals surface area contributed by atoms with Crippen molar-refractivity contribution in [3.8, 4) is 0 Å². The van der Waals surface area contributed by atoms with Crippen LogP contribution >= 0.6 is 23.2 Å². The number of amides is 1. The zero-order chi connectivity index (χ0) is 25.6. The van der Waals surface area contributed by atoms with Gasteiger partial charge < -0.3 is 10.2 Å². The van der Waals surface area contributed by atoms with Crippen LogP contribution in [0.25, 0.3) is 0 Å². The molecule has 0 bridgehead atoms. The van der Waals surface area contributed by atoms with Crippen molar-refractivity contribution >= 4 is 45.0 Å². The lowest BCUT2D eigenvalue weighted by Gasteiger charge is -2.27. The van der Waals surface area contributed by atoms with E-state index in [0.29, 0.717) is 13.0 Å². The molecule has 1 aliphatic heterocycles. The Bertz CT molecular complexity index is 1170. The predicted octanol–water partition coefficient (Wildman–Crippen LogP) is 4.22. The van der Waals surface area contributed by atoms with Crippen molar-refractivity contribution in [2.45, 2.75) is 44.0 Å². The molecule has 2 aromatic rings. The number of sulfonamides is 1. The molecule has 10 heteroatoms. The molecule has 1 heterocycles. The molecule has 2 aromatic carbocycles. The van der Waals surface area contributed by atoms with Gasteiger partial charge in [0.05, 0.1) is 16.6 Å². The van der Waals surface area contributed by atoms with Crippen LogP contribution in [0.5, 0.6) is 0 Å². The Kier molecular flexibility index (Phi) is 9.58. The second-order valence-corrected chi connectivity index (χ2v) is 11.4. The van der Waals surface area contributed by atoms with E-state index in [-0.39, 0.29) is 39.9 Å². The van der Waals surface area contributed by atoms with E-state index in [9.17, 15) is 13.2 Å². The van der Waals surface area contributed by atoms with Gasteiger partial charge >= 0.3 is 0 Å². The molecular formula is C25H32Cl2N4O3S. The summed E-state index contributed by atoms with van der Waals surface area (Å²) in [6.07, 6.45) is 1.40. The van der Waals surface area contributed by atoms with Crippen LogP contribution < -0.4 is 5.32 Å². The Labute approximate surface area is 218 Å². The first-order chi connectivity index (χ1) is 16.6. The van der Waals surface area contributed by atoms with Crippen LogP contribution in [-0.2, 0) is 21.2 Å². The van der Waals surface area contributed by atoms with E-state index in [1.807, 2.05) is 12.1 Å². The third-order valence-electron chi connectivity index (χ3n) is 5.91. The van der Waals surface area contributed by atoms with E-state index in [2.05, 4.69) is 22.4 Å². The predicted molar refractivity (Wildman–Crippen MR) is 142 cm³/mol. The number of rotatable bonds is 11. The normalized spacial score (nSPS) is 13.7. The molecule has 7 nitrogen and oxygen atoms in total. The van der Waals surface area contributed by atoms with Crippen molar-refractivity contribution in [2.75, 3.05) is 33.2 Å². The second kappa shape index (κ2) is 12.2. The van der Waals surface area contributed by atoms with Crippen molar-refractivity contribution < 1.29 is 13.2 Å². The maximum absolute atomic E-state index is 13.2. The molecule has 0 spiro atoms. The number of halogens is 2. The monoisotopic (exact) mass is 538 g/mol. The molecule has 0 unspecified atom stereocenters. The lowest BCUT2D eigenvalue weighted by molar-refractivity contribution is -0.130. The first kappa shape index (κ1) is 27.5. The van der Waals surface area contributed by atoms with Gasteiger partial charge in [-0.2, -0.15) is 4.31 Å². The first-order valence-corrected chi connectivity index (χ1v) is 13.9. The van der Waals surface area contributed by atoms with Crippen LogP contribution in [-0.4, -0.2) is 68.6 Å².